The van der Waals surface area contributed by atoms with Crippen molar-refractivity contribution < 1.29 is 4.74 Å². The Morgan fingerprint density at radius 1 is 1.25 bits per heavy atom. The van der Waals surface area contributed by atoms with Crippen LogP contribution in [0, 0.1) is 0 Å². The average Bonchev–Trinajstić information content (AvgIpc) is 3.18. The molecule has 0 bridgehead atoms. The number of aromatic nitrogens is 3. The van der Waals surface area contributed by atoms with Gasteiger partial charge in [0.1, 0.15) is 6.10 Å². The lowest BCUT2D eigenvalue weighted by atomic mass is 9.96. The van der Waals surface area contributed by atoms with E-state index in [-0.39, 0.29) is 6.10 Å². The number of hydrogen-bond acceptors (Lipinski definition) is 5. The standard InChI is InChI=1S/C22H27N5O/c1-3-16(17-7-5-4-6-8-17)10-23-13-20-14-24-21-9-18(11-25-22(21)28-20)19-12-26-27(2)15-19/h4-9,11-12,15-16,20,23-24H,3,10,13-14H2,1-2H3. The first-order valence-electron chi connectivity index (χ1n) is 9.88. The lowest BCUT2D eigenvalue weighted by molar-refractivity contribution is 0.193. The smallest absolute Gasteiger partial charge is 0.237 e. The van der Waals surface area contributed by atoms with E-state index in [1.54, 1.807) is 4.68 Å². The Labute approximate surface area is 165 Å². The molecule has 146 valence electrons. The van der Waals surface area contributed by atoms with Gasteiger partial charge in [0.25, 0.3) is 0 Å². The maximum Gasteiger partial charge on any atom is 0.237 e. The summed E-state index contributed by atoms with van der Waals surface area (Å²) in [6.07, 6.45) is 6.85. The molecule has 0 aliphatic carbocycles. The highest BCUT2D eigenvalue weighted by Gasteiger charge is 2.21. The molecule has 28 heavy (non-hydrogen) atoms. The molecule has 4 rings (SSSR count). The minimum Gasteiger partial charge on any atom is -0.470 e. The summed E-state index contributed by atoms with van der Waals surface area (Å²) in [6.45, 7) is 4.74. The van der Waals surface area contributed by atoms with Gasteiger partial charge in [-0.1, -0.05) is 37.3 Å². The van der Waals surface area contributed by atoms with Crippen molar-refractivity contribution in [3.63, 3.8) is 0 Å². The monoisotopic (exact) mass is 377 g/mol. The molecule has 2 N–H and O–H groups in total. The van der Waals surface area contributed by atoms with Crippen molar-refractivity contribution in [1.29, 1.82) is 0 Å². The second-order valence-corrected chi connectivity index (χ2v) is 7.27. The summed E-state index contributed by atoms with van der Waals surface area (Å²) >= 11 is 0. The van der Waals surface area contributed by atoms with Gasteiger partial charge in [0.2, 0.25) is 5.88 Å². The maximum absolute atomic E-state index is 6.09. The molecular formula is C22H27N5O. The maximum atomic E-state index is 6.09. The number of fused-ring (bicyclic) bond motifs is 1. The molecule has 0 spiro atoms. The Hall–Kier alpha value is -2.86. The lowest BCUT2D eigenvalue weighted by Gasteiger charge is -2.27. The van der Waals surface area contributed by atoms with Gasteiger partial charge in [-0.15, -0.1) is 0 Å². The van der Waals surface area contributed by atoms with Gasteiger partial charge in [-0.05, 0) is 24.0 Å². The van der Waals surface area contributed by atoms with Crippen molar-refractivity contribution in [2.45, 2.75) is 25.4 Å². The van der Waals surface area contributed by atoms with Crippen LogP contribution in [0.1, 0.15) is 24.8 Å². The highest BCUT2D eigenvalue weighted by Crippen LogP contribution is 2.31. The number of pyridine rings is 1. The van der Waals surface area contributed by atoms with E-state index < -0.39 is 0 Å². The van der Waals surface area contributed by atoms with Crippen LogP contribution in [0.2, 0.25) is 0 Å². The van der Waals surface area contributed by atoms with Gasteiger partial charge in [0, 0.05) is 43.7 Å². The van der Waals surface area contributed by atoms with Crippen molar-refractivity contribution in [2.75, 3.05) is 25.0 Å². The lowest BCUT2D eigenvalue weighted by Crippen LogP contribution is -2.40. The minimum atomic E-state index is 0.0671. The zero-order chi connectivity index (χ0) is 19.3. The Morgan fingerprint density at radius 2 is 2.11 bits per heavy atom. The number of nitrogens with one attached hydrogen (secondary N) is 2. The molecule has 0 saturated heterocycles. The van der Waals surface area contributed by atoms with Crippen molar-refractivity contribution >= 4 is 5.69 Å². The first-order chi connectivity index (χ1) is 13.7. The third kappa shape index (κ3) is 4.17. The predicted molar refractivity (Wildman–Crippen MR) is 112 cm³/mol. The fraction of sp³-hybridized carbons (Fsp3) is 0.364. The van der Waals surface area contributed by atoms with Gasteiger partial charge in [0.05, 0.1) is 18.4 Å². The van der Waals surface area contributed by atoms with E-state index >= 15 is 0 Å². The molecular weight excluding hydrogens is 350 g/mol. The van der Waals surface area contributed by atoms with Crippen LogP contribution in [0.4, 0.5) is 5.69 Å². The molecule has 6 nitrogen and oxygen atoms in total. The molecule has 2 atom stereocenters. The van der Waals surface area contributed by atoms with Crippen molar-refractivity contribution in [3.05, 3.63) is 60.6 Å². The summed E-state index contributed by atoms with van der Waals surface area (Å²) in [5.41, 5.74) is 4.41. The van der Waals surface area contributed by atoms with E-state index in [9.17, 15) is 0 Å². The van der Waals surface area contributed by atoms with Crippen LogP contribution in [-0.4, -0.2) is 40.5 Å². The molecule has 3 aromatic rings. The van der Waals surface area contributed by atoms with Gasteiger partial charge >= 0.3 is 0 Å². The Kier molecular flexibility index (Phi) is 5.58. The molecule has 0 saturated carbocycles. The topological polar surface area (TPSA) is 64.0 Å². The number of hydrogen-bond donors (Lipinski definition) is 2. The third-order valence-electron chi connectivity index (χ3n) is 5.21. The number of ether oxygens (including phenoxy) is 1. The van der Waals surface area contributed by atoms with Crippen molar-refractivity contribution in [2.24, 2.45) is 7.05 Å². The molecule has 6 heteroatoms. The molecule has 0 amide bonds. The van der Waals surface area contributed by atoms with E-state index in [0.29, 0.717) is 11.8 Å². The number of benzene rings is 1. The molecule has 1 aliphatic heterocycles. The second-order valence-electron chi connectivity index (χ2n) is 7.27. The first kappa shape index (κ1) is 18.5. The van der Waals surface area contributed by atoms with E-state index in [1.165, 1.54) is 5.56 Å². The Bertz CT molecular complexity index is 908. The summed E-state index contributed by atoms with van der Waals surface area (Å²) in [6, 6.07) is 12.8. The fourth-order valence-corrected chi connectivity index (χ4v) is 3.58. The quantitative estimate of drug-likeness (QED) is 0.660. The summed E-state index contributed by atoms with van der Waals surface area (Å²) in [5.74, 6) is 1.19. The minimum absolute atomic E-state index is 0.0671. The fourth-order valence-electron chi connectivity index (χ4n) is 3.58. The largest absolute Gasteiger partial charge is 0.470 e. The molecule has 0 radical (unpaired) electrons. The normalized spacial score (nSPS) is 16.7. The van der Waals surface area contributed by atoms with Crippen LogP contribution >= 0.6 is 0 Å². The van der Waals surface area contributed by atoms with Crippen molar-refractivity contribution in [1.82, 2.24) is 20.1 Å². The molecule has 0 fully saturated rings. The van der Waals surface area contributed by atoms with Gasteiger partial charge in [-0.2, -0.15) is 5.10 Å². The SMILES string of the molecule is CCC(CNCC1CNc2cc(-c3cnn(C)c3)cnc2O1)c1ccccc1. The van der Waals surface area contributed by atoms with Crippen LogP contribution in [0.15, 0.2) is 55.0 Å². The second kappa shape index (κ2) is 8.44. The number of aryl methyl sites for hydroxylation is 1. The molecule has 2 unspecified atom stereocenters. The van der Waals surface area contributed by atoms with Gasteiger partial charge in [-0.3, -0.25) is 4.68 Å². The Balaban J connectivity index is 1.33. The molecule has 1 aliphatic rings. The van der Waals surface area contributed by atoms with Crippen LogP contribution < -0.4 is 15.4 Å². The Morgan fingerprint density at radius 3 is 2.86 bits per heavy atom. The number of anilines is 1. The zero-order valence-electron chi connectivity index (χ0n) is 16.4. The first-order valence-corrected chi connectivity index (χ1v) is 9.88. The zero-order valence-corrected chi connectivity index (χ0v) is 16.4. The number of nitrogens with zero attached hydrogens (tertiary/aromatic N) is 3. The summed E-state index contributed by atoms with van der Waals surface area (Å²) < 4.78 is 7.88. The van der Waals surface area contributed by atoms with Gasteiger partial charge in [-0.25, -0.2) is 4.98 Å². The van der Waals surface area contributed by atoms with Crippen LogP contribution in [-0.2, 0) is 7.05 Å². The third-order valence-corrected chi connectivity index (χ3v) is 5.21. The van der Waals surface area contributed by atoms with E-state index in [1.807, 2.05) is 25.6 Å². The highest BCUT2D eigenvalue weighted by atomic mass is 16.5. The predicted octanol–water partition coefficient (Wildman–Crippen LogP) is 3.44. The number of rotatable bonds is 7. The summed E-state index contributed by atoms with van der Waals surface area (Å²) in [4.78, 5) is 4.51. The van der Waals surface area contributed by atoms with Crippen molar-refractivity contribution in [3.8, 4) is 17.0 Å². The van der Waals surface area contributed by atoms with Gasteiger partial charge in [0.15, 0.2) is 0 Å². The van der Waals surface area contributed by atoms with Crippen LogP contribution in [0.5, 0.6) is 5.88 Å². The summed E-state index contributed by atoms with van der Waals surface area (Å²) in [7, 11) is 1.91. The molecule has 2 aromatic heterocycles. The van der Waals surface area contributed by atoms with E-state index in [0.717, 1.165) is 42.9 Å². The van der Waals surface area contributed by atoms with Crippen LogP contribution in [0.3, 0.4) is 0 Å². The van der Waals surface area contributed by atoms with Gasteiger partial charge < -0.3 is 15.4 Å². The summed E-state index contributed by atoms with van der Waals surface area (Å²) in [5, 5.41) is 11.3. The molecule has 1 aromatic carbocycles. The van der Waals surface area contributed by atoms with E-state index in [2.05, 4.69) is 64.0 Å². The highest BCUT2D eigenvalue weighted by molar-refractivity contribution is 5.69. The van der Waals surface area contributed by atoms with E-state index in [4.69, 9.17) is 4.74 Å². The molecule has 3 heterocycles. The average molecular weight is 377 g/mol. The van der Waals surface area contributed by atoms with Crippen LogP contribution in [0.25, 0.3) is 11.1 Å².